The number of nitrogens with one attached hydrogen (secondary N) is 1. The van der Waals surface area contributed by atoms with E-state index in [1.54, 1.807) is 0 Å². The number of carbonyl (C=O) groups excluding carboxylic acids is 1. The molecule has 4 heteroatoms. The summed E-state index contributed by atoms with van der Waals surface area (Å²) in [5.74, 6) is -0.236. The third kappa shape index (κ3) is 3.68. The number of hydrogen-bond donors (Lipinski definition) is 1. The summed E-state index contributed by atoms with van der Waals surface area (Å²) in [7, 11) is 0. The maximum Gasteiger partial charge on any atom is 0.330 e. The van der Waals surface area contributed by atoms with Crippen LogP contribution < -0.4 is 5.32 Å². The first kappa shape index (κ1) is 15.4. The molecule has 100 valence electrons. The van der Waals surface area contributed by atoms with Crippen molar-refractivity contribution in [3.05, 3.63) is 33.4 Å². The Morgan fingerprint density at radius 2 is 1.94 bits per heavy atom. The summed E-state index contributed by atoms with van der Waals surface area (Å²) in [4.78, 5) is 12.2. The molecule has 0 aliphatic rings. The number of esters is 1. The Balaban J connectivity index is 3.10. The van der Waals surface area contributed by atoms with Crippen molar-refractivity contribution >= 4 is 28.6 Å². The molecule has 0 heterocycles. The molecule has 0 fully saturated rings. The zero-order valence-electron chi connectivity index (χ0n) is 11.3. The Kier molecular flexibility index (Phi) is 5.59. The molecule has 1 atom stereocenters. The van der Waals surface area contributed by atoms with Crippen LogP contribution in [-0.4, -0.2) is 18.6 Å². The third-order valence-corrected chi connectivity index (χ3v) is 3.40. The van der Waals surface area contributed by atoms with E-state index in [4.69, 9.17) is 4.74 Å². The number of carbonyl (C=O) groups is 1. The monoisotopic (exact) mass is 361 g/mol. The molecule has 0 saturated carbocycles. The standard InChI is InChI=1S/C14H20INO2/c1-5-18-13(17)14(4,16-10(2)3)11-6-8-12(15)9-7-11/h6-10,16H,5H2,1-4H3. The minimum Gasteiger partial charge on any atom is -0.464 e. The second-order valence-corrected chi connectivity index (χ2v) is 5.90. The van der Waals surface area contributed by atoms with Crippen molar-refractivity contribution in [1.82, 2.24) is 5.32 Å². The predicted molar refractivity (Wildman–Crippen MR) is 81.4 cm³/mol. The topological polar surface area (TPSA) is 38.3 Å². The molecule has 0 radical (unpaired) electrons. The minimum atomic E-state index is -0.797. The molecule has 0 bridgehead atoms. The average molecular weight is 361 g/mol. The lowest BCUT2D eigenvalue weighted by molar-refractivity contribution is -0.151. The molecular formula is C14H20INO2. The van der Waals surface area contributed by atoms with E-state index < -0.39 is 5.54 Å². The van der Waals surface area contributed by atoms with Crippen LogP contribution in [0.4, 0.5) is 0 Å². The molecule has 0 aliphatic heterocycles. The summed E-state index contributed by atoms with van der Waals surface area (Å²) < 4.78 is 6.33. The van der Waals surface area contributed by atoms with Crippen LogP contribution in [0.1, 0.15) is 33.3 Å². The Morgan fingerprint density at radius 3 is 2.39 bits per heavy atom. The highest BCUT2D eigenvalue weighted by Crippen LogP contribution is 2.24. The molecule has 0 amide bonds. The van der Waals surface area contributed by atoms with E-state index >= 15 is 0 Å². The van der Waals surface area contributed by atoms with Crippen LogP contribution in [-0.2, 0) is 15.1 Å². The fraction of sp³-hybridized carbons (Fsp3) is 0.500. The van der Waals surface area contributed by atoms with Crippen molar-refractivity contribution in [3.63, 3.8) is 0 Å². The van der Waals surface area contributed by atoms with E-state index in [2.05, 4.69) is 27.9 Å². The van der Waals surface area contributed by atoms with Gasteiger partial charge in [-0.2, -0.15) is 0 Å². The van der Waals surface area contributed by atoms with Crippen molar-refractivity contribution in [3.8, 4) is 0 Å². The number of halogens is 1. The quantitative estimate of drug-likeness (QED) is 0.647. The van der Waals surface area contributed by atoms with Gasteiger partial charge in [-0.3, -0.25) is 5.32 Å². The average Bonchev–Trinajstić information content (AvgIpc) is 2.29. The summed E-state index contributed by atoms with van der Waals surface area (Å²) in [6.45, 7) is 8.11. The predicted octanol–water partition coefficient (Wildman–Crippen LogP) is 3.07. The van der Waals surface area contributed by atoms with Gasteiger partial charge in [-0.25, -0.2) is 4.79 Å². The van der Waals surface area contributed by atoms with Gasteiger partial charge in [0, 0.05) is 9.61 Å². The minimum absolute atomic E-state index is 0.193. The third-order valence-electron chi connectivity index (χ3n) is 2.68. The lowest BCUT2D eigenvalue weighted by Crippen LogP contribution is -2.50. The SMILES string of the molecule is CCOC(=O)C(C)(NC(C)C)c1ccc(I)cc1. The summed E-state index contributed by atoms with van der Waals surface area (Å²) in [5, 5.41) is 3.30. The van der Waals surface area contributed by atoms with Crippen molar-refractivity contribution in [2.45, 2.75) is 39.3 Å². The molecule has 1 rings (SSSR count). The Labute approximate surface area is 122 Å². The summed E-state index contributed by atoms with van der Waals surface area (Å²) >= 11 is 2.25. The summed E-state index contributed by atoms with van der Waals surface area (Å²) in [5.41, 5.74) is 0.129. The number of hydrogen-bond acceptors (Lipinski definition) is 3. The van der Waals surface area contributed by atoms with Gasteiger partial charge in [0.1, 0.15) is 5.54 Å². The van der Waals surface area contributed by atoms with E-state index in [1.165, 1.54) is 0 Å². The normalized spacial score (nSPS) is 14.3. The molecule has 0 saturated heterocycles. The van der Waals surface area contributed by atoms with Gasteiger partial charge in [0.15, 0.2) is 0 Å². The van der Waals surface area contributed by atoms with E-state index in [1.807, 2.05) is 52.0 Å². The Bertz CT molecular complexity index is 403. The van der Waals surface area contributed by atoms with Crippen LogP contribution >= 0.6 is 22.6 Å². The van der Waals surface area contributed by atoms with Crippen LogP contribution in [0.15, 0.2) is 24.3 Å². The van der Waals surface area contributed by atoms with Gasteiger partial charge >= 0.3 is 5.97 Å². The molecule has 1 aromatic carbocycles. The Morgan fingerprint density at radius 1 is 1.39 bits per heavy atom. The van der Waals surface area contributed by atoms with Gasteiger partial charge in [-0.15, -0.1) is 0 Å². The molecule has 0 aromatic heterocycles. The lowest BCUT2D eigenvalue weighted by Gasteiger charge is -2.31. The van der Waals surface area contributed by atoms with Crippen molar-refractivity contribution in [1.29, 1.82) is 0 Å². The molecule has 1 N–H and O–H groups in total. The molecule has 3 nitrogen and oxygen atoms in total. The largest absolute Gasteiger partial charge is 0.464 e. The number of ether oxygens (including phenoxy) is 1. The zero-order chi connectivity index (χ0) is 13.8. The first-order valence-corrected chi connectivity index (χ1v) is 7.19. The smallest absolute Gasteiger partial charge is 0.330 e. The van der Waals surface area contributed by atoms with E-state index in [0.717, 1.165) is 9.13 Å². The van der Waals surface area contributed by atoms with Gasteiger partial charge in [0.25, 0.3) is 0 Å². The number of rotatable bonds is 5. The Hall–Kier alpha value is -0.620. The van der Waals surface area contributed by atoms with Crippen LogP contribution in [0.3, 0.4) is 0 Å². The highest BCUT2D eigenvalue weighted by atomic mass is 127. The fourth-order valence-corrected chi connectivity index (χ4v) is 2.26. The molecule has 1 unspecified atom stereocenters. The fourth-order valence-electron chi connectivity index (χ4n) is 1.90. The first-order chi connectivity index (χ1) is 8.40. The highest BCUT2D eigenvalue weighted by molar-refractivity contribution is 14.1. The first-order valence-electron chi connectivity index (χ1n) is 6.11. The zero-order valence-corrected chi connectivity index (χ0v) is 13.4. The molecule has 0 spiro atoms. The maximum absolute atomic E-state index is 12.2. The molecule has 18 heavy (non-hydrogen) atoms. The van der Waals surface area contributed by atoms with Crippen molar-refractivity contribution in [2.24, 2.45) is 0 Å². The molecule has 1 aromatic rings. The van der Waals surface area contributed by atoms with Crippen molar-refractivity contribution < 1.29 is 9.53 Å². The van der Waals surface area contributed by atoms with E-state index in [9.17, 15) is 4.79 Å². The second-order valence-electron chi connectivity index (χ2n) is 4.65. The van der Waals surface area contributed by atoms with E-state index in [-0.39, 0.29) is 12.0 Å². The van der Waals surface area contributed by atoms with Crippen LogP contribution in [0.25, 0.3) is 0 Å². The van der Waals surface area contributed by atoms with Crippen LogP contribution in [0.2, 0.25) is 0 Å². The van der Waals surface area contributed by atoms with Gasteiger partial charge < -0.3 is 4.74 Å². The molecule has 0 aliphatic carbocycles. The summed E-state index contributed by atoms with van der Waals surface area (Å²) in [6.07, 6.45) is 0. The van der Waals surface area contributed by atoms with E-state index in [0.29, 0.717) is 6.61 Å². The van der Waals surface area contributed by atoms with Gasteiger partial charge in [-0.1, -0.05) is 12.1 Å². The van der Waals surface area contributed by atoms with Crippen molar-refractivity contribution in [2.75, 3.05) is 6.61 Å². The van der Waals surface area contributed by atoms with Gasteiger partial charge in [0.05, 0.1) is 6.61 Å². The highest BCUT2D eigenvalue weighted by Gasteiger charge is 2.36. The molecular weight excluding hydrogens is 341 g/mol. The number of benzene rings is 1. The summed E-state index contributed by atoms with van der Waals surface area (Å²) in [6, 6.07) is 8.12. The van der Waals surface area contributed by atoms with Gasteiger partial charge in [-0.05, 0) is 68.0 Å². The maximum atomic E-state index is 12.2. The van der Waals surface area contributed by atoms with Gasteiger partial charge in [0.2, 0.25) is 0 Å². The van der Waals surface area contributed by atoms with Crippen LogP contribution in [0.5, 0.6) is 0 Å². The van der Waals surface area contributed by atoms with Crippen LogP contribution in [0, 0.1) is 3.57 Å². The lowest BCUT2D eigenvalue weighted by atomic mass is 9.91. The second kappa shape index (κ2) is 6.52.